The van der Waals surface area contributed by atoms with Gasteiger partial charge in [0.2, 0.25) is 0 Å². The average Bonchev–Trinajstić information content (AvgIpc) is 2.74. The predicted molar refractivity (Wildman–Crippen MR) is 116 cm³/mol. The molecule has 0 fully saturated rings. The van der Waals surface area contributed by atoms with Gasteiger partial charge in [0.1, 0.15) is 0 Å². The van der Waals surface area contributed by atoms with Gasteiger partial charge in [-0.05, 0) is 56.3 Å². The highest BCUT2D eigenvalue weighted by Gasteiger charge is 2.32. The lowest BCUT2D eigenvalue weighted by molar-refractivity contribution is 0.100. The molecule has 0 aliphatic carbocycles. The zero-order chi connectivity index (χ0) is 21.9. The van der Waals surface area contributed by atoms with Crippen molar-refractivity contribution < 1.29 is 22.7 Å². The van der Waals surface area contributed by atoms with Crippen LogP contribution in [0.15, 0.2) is 71.6 Å². The van der Waals surface area contributed by atoms with Crippen LogP contribution in [0.25, 0.3) is 0 Å². The van der Waals surface area contributed by atoms with Crippen molar-refractivity contribution in [1.29, 1.82) is 0 Å². The molecule has 0 aliphatic rings. The maximum absolute atomic E-state index is 13.5. The molecular weight excluding hydrogens is 402 g/mol. The first-order valence-electron chi connectivity index (χ1n) is 9.23. The molecule has 7 heteroatoms. The number of rotatable bonds is 6. The van der Waals surface area contributed by atoms with E-state index in [0.29, 0.717) is 11.5 Å². The summed E-state index contributed by atoms with van der Waals surface area (Å²) in [6.07, 6.45) is 0. The number of carbonyl (C=O) groups is 1. The SMILES string of the molecule is COc1ccc(C(=O)N(c2ccc(C)cc2)S(=O)(=O)c2ccc(C)cc2)cc1OC. The minimum atomic E-state index is -4.15. The van der Waals surface area contributed by atoms with Crippen LogP contribution in [0, 0.1) is 13.8 Å². The van der Waals surface area contributed by atoms with Gasteiger partial charge in [-0.1, -0.05) is 35.4 Å². The summed E-state index contributed by atoms with van der Waals surface area (Å²) < 4.78 is 38.2. The molecule has 0 aliphatic heterocycles. The minimum Gasteiger partial charge on any atom is -0.493 e. The van der Waals surface area contributed by atoms with Crippen LogP contribution in [0.4, 0.5) is 5.69 Å². The molecule has 0 N–H and O–H groups in total. The monoisotopic (exact) mass is 425 g/mol. The Kier molecular flexibility index (Phi) is 6.12. The van der Waals surface area contributed by atoms with Gasteiger partial charge < -0.3 is 9.47 Å². The summed E-state index contributed by atoms with van der Waals surface area (Å²) in [4.78, 5) is 13.5. The van der Waals surface area contributed by atoms with Crippen LogP contribution in [0.5, 0.6) is 11.5 Å². The highest BCUT2D eigenvalue weighted by atomic mass is 32.2. The third-order valence-electron chi connectivity index (χ3n) is 4.64. The van der Waals surface area contributed by atoms with Gasteiger partial charge in [-0.2, -0.15) is 4.31 Å². The molecule has 0 bridgehead atoms. The van der Waals surface area contributed by atoms with Crippen molar-refractivity contribution >= 4 is 21.6 Å². The number of amides is 1. The predicted octanol–water partition coefficient (Wildman–Crippen LogP) is 4.36. The van der Waals surface area contributed by atoms with Crippen molar-refractivity contribution in [1.82, 2.24) is 0 Å². The number of anilines is 1. The van der Waals surface area contributed by atoms with Crippen molar-refractivity contribution in [2.24, 2.45) is 0 Å². The second-order valence-electron chi connectivity index (χ2n) is 6.79. The van der Waals surface area contributed by atoms with Crippen LogP contribution in [0.1, 0.15) is 21.5 Å². The molecule has 6 nitrogen and oxygen atoms in total. The fourth-order valence-corrected chi connectivity index (χ4v) is 4.36. The molecule has 1 amide bonds. The van der Waals surface area contributed by atoms with E-state index in [9.17, 15) is 13.2 Å². The van der Waals surface area contributed by atoms with E-state index >= 15 is 0 Å². The number of hydrogen-bond acceptors (Lipinski definition) is 5. The summed E-state index contributed by atoms with van der Waals surface area (Å²) in [5, 5.41) is 0. The maximum Gasteiger partial charge on any atom is 0.272 e. The van der Waals surface area contributed by atoms with E-state index in [1.54, 1.807) is 42.5 Å². The Morgan fingerprint density at radius 1 is 0.767 bits per heavy atom. The molecule has 0 spiro atoms. The van der Waals surface area contributed by atoms with Crippen LogP contribution in [-0.2, 0) is 10.0 Å². The normalized spacial score (nSPS) is 11.1. The molecular formula is C23H23NO5S. The van der Waals surface area contributed by atoms with E-state index in [1.165, 1.54) is 38.5 Å². The summed E-state index contributed by atoms with van der Waals surface area (Å²) in [5.74, 6) is 0.0812. The third kappa shape index (κ3) is 4.16. The number of nitrogens with zero attached hydrogens (tertiary/aromatic N) is 1. The van der Waals surface area contributed by atoms with Crippen LogP contribution in [-0.4, -0.2) is 28.5 Å². The van der Waals surface area contributed by atoms with Gasteiger partial charge >= 0.3 is 0 Å². The van der Waals surface area contributed by atoms with E-state index in [-0.39, 0.29) is 16.1 Å². The Hall–Kier alpha value is -3.32. The molecule has 30 heavy (non-hydrogen) atoms. The lowest BCUT2D eigenvalue weighted by Gasteiger charge is -2.23. The van der Waals surface area contributed by atoms with Crippen molar-refractivity contribution in [3.05, 3.63) is 83.4 Å². The van der Waals surface area contributed by atoms with Gasteiger partial charge in [-0.15, -0.1) is 0 Å². The molecule has 0 heterocycles. The van der Waals surface area contributed by atoms with E-state index in [4.69, 9.17) is 9.47 Å². The van der Waals surface area contributed by atoms with E-state index in [1.807, 2.05) is 13.8 Å². The molecule has 0 saturated carbocycles. The van der Waals surface area contributed by atoms with Crippen molar-refractivity contribution in [2.75, 3.05) is 18.5 Å². The number of carbonyl (C=O) groups excluding carboxylic acids is 1. The van der Waals surface area contributed by atoms with Crippen molar-refractivity contribution in [3.63, 3.8) is 0 Å². The number of benzene rings is 3. The van der Waals surface area contributed by atoms with Gasteiger partial charge in [0, 0.05) is 5.56 Å². The number of ether oxygens (including phenoxy) is 2. The smallest absolute Gasteiger partial charge is 0.272 e. The molecule has 3 aromatic rings. The Morgan fingerprint density at radius 3 is 1.83 bits per heavy atom. The summed E-state index contributed by atoms with van der Waals surface area (Å²) >= 11 is 0. The van der Waals surface area contributed by atoms with Gasteiger partial charge in [0.25, 0.3) is 15.9 Å². The molecule has 0 unspecified atom stereocenters. The first-order chi connectivity index (χ1) is 14.3. The van der Waals surface area contributed by atoms with Gasteiger partial charge in [-0.3, -0.25) is 4.79 Å². The summed E-state index contributed by atoms with van der Waals surface area (Å²) in [6, 6.07) is 17.7. The maximum atomic E-state index is 13.5. The topological polar surface area (TPSA) is 72.9 Å². The number of aryl methyl sites for hydroxylation is 2. The molecule has 0 radical (unpaired) electrons. The quantitative estimate of drug-likeness (QED) is 0.587. The number of methoxy groups -OCH3 is 2. The summed E-state index contributed by atoms with van der Waals surface area (Å²) in [6.45, 7) is 3.75. The van der Waals surface area contributed by atoms with Gasteiger partial charge in [0.05, 0.1) is 24.8 Å². The van der Waals surface area contributed by atoms with E-state index in [2.05, 4.69) is 0 Å². The van der Waals surface area contributed by atoms with Crippen LogP contribution >= 0.6 is 0 Å². The second kappa shape index (κ2) is 8.59. The Bertz CT molecular complexity index is 1150. The molecule has 3 rings (SSSR count). The first-order valence-corrected chi connectivity index (χ1v) is 10.7. The highest BCUT2D eigenvalue weighted by molar-refractivity contribution is 7.93. The van der Waals surface area contributed by atoms with E-state index < -0.39 is 15.9 Å². The fourth-order valence-electron chi connectivity index (χ4n) is 2.95. The van der Waals surface area contributed by atoms with Crippen molar-refractivity contribution in [3.8, 4) is 11.5 Å². The fraction of sp³-hybridized carbons (Fsp3) is 0.174. The third-order valence-corrected chi connectivity index (χ3v) is 6.37. The molecule has 0 aromatic heterocycles. The summed E-state index contributed by atoms with van der Waals surface area (Å²) in [7, 11) is -1.22. The lowest BCUT2D eigenvalue weighted by atomic mass is 10.1. The van der Waals surface area contributed by atoms with Gasteiger partial charge in [0.15, 0.2) is 11.5 Å². The molecule has 3 aromatic carbocycles. The zero-order valence-corrected chi connectivity index (χ0v) is 18.1. The summed E-state index contributed by atoms with van der Waals surface area (Å²) in [5.41, 5.74) is 2.27. The largest absolute Gasteiger partial charge is 0.493 e. The second-order valence-corrected chi connectivity index (χ2v) is 8.58. The number of sulfonamides is 1. The number of hydrogen-bond donors (Lipinski definition) is 0. The van der Waals surface area contributed by atoms with Crippen LogP contribution in [0.3, 0.4) is 0 Å². The zero-order valence-electron chi connectivity index (χ0n) is 17.2. The van der Waals surface area contributed by atoms with Crippen LogP contribution in [0.2, 0.25) is 0 Å². The standard InChI is InChI=1S/C23H23NO5S/c1-16-5-10-19(11-6-16)24(30(26,27)20-12-7-17(2)8-13-20)23(25)18-9-14-21(28-3)22(15-18)29-4/h5-15H,1-4H3. The van der Waals surface area contributed by atoms with Crippen molar-refractivity contribution in [2.45, 2.75) is 18.7 Å². The Labute approximate surface area is 176 Å². The molecule has 156 valence electrons. The average molecular weight is 426 g/mol. The molecule has 0 saturated heterocycles. The first kappa shape index (κ1) is 21.4. The lowest BCUT2D eigenvalue weighted by Crippen LogP contribution is -2.37. The van der Waals surface area contributed by atoms with Crippen LogP contribution < -0.4 is 13.8 Å². The Morgan fingerprint density at radius 2 is 1.30 bits per heavy atom. The Balaban J connectivity index is 2.16. The minimum absolute atomic E-state index is 0.0301. The van der Waals surface area contributed by atoms with E-state index in [0.717, 1.165) is 15.4 Å². The van der Waals surface area contributed by atoms with Gasteiger partial charge in [-0.25, -0.2) is 8.42 Å². The highest BCUT2D eigenvalue weighted by Crippen LogP contribution is 2.31. The molecule has 0 atom stereocenters.